The molecule has 2 N–H and O–H groups in total. The lowest BCUT2D eigenvalue weighted by atomic mass is 9.91. The van der Waals surface area contributed by atoms with E-state index in [1.807, 2.05) is 0 Å². The summed E-state index contributed by atoms with van der Waals surface area (Å²) in [6.07, 6.45) is 4.53. The smallest absolute Gasteiger partial charge is 0.306 e. The number of anilines is 1. The Morgan fingerprint density at radius 1 is 1.30 bits per heavy atom. The van der Waals surface area contributed by atoms with Gasteiger partial charge in [0, 0.05) is 25.2 Å². The van der Waals surface area contributed by atoms with E-state index in [0.717, 1.165) is 38.8 Å². The lowest BCUT2D eigenvalue weighted by Crippen LogP contribution is -2.33. The minimum Gasteiger partial charge on any atom is -0.456 e. The van der Waals surface area contributed by atoms with Crippen molar-refractivity contribution in [3.63, 3.8) is 0 Å². The highest BCUT2D eigenvalue weighted by Crippen LogP contribution is 2.26. The van der Waals surface area contributed by atoms with Crippen LogP contribution in [0.3, 0.4) is 0 Å². The third kappa shape index (κ3) is 5.93. The molecular formula is C18H26N2O3. The van der Waals surface area contributed by atoms with Crippen molar-refractivity contribution in [2.75, 3.05) is 24.6 Å². The summed E-state index contributed by atoms with van der Waals surface area (Å²) in [5, 5.41) is 0. The van der Waals surface area contributed by atoms with Gasteiger partial charge < -0.3 is 15.4 Å². The molecule has 2 rings (SSSR count). The van der Waals surface area contributed by atoms with E-state index in [9.17, 15) is 9.59 Å². The number of esters is 1. The zero-order chi connectivity index (χ0) is 16.7. The van der Waals surface area contributed by atoms with Gasteiger partial charge in [0.05, 0.1) is 0 Å². The molecule has 1 fully saturated rings. The largest absolute Gasteiger partial charge is 0.456 e. The third-order valence-corrected chi connectivity index (χ3v) is 4.35. The number of nitrogens with zero attached hydrogens (tertiary/aromatic N) is 1. The fraction of sp³-hybridized carbons (Fsp3) is 0.556. The first-order valence-corrected chi connectivity index (χ1v) is 8.30. The minimum atomic E-state index is -0.609. The summed E-state index contributed by atoms with van der Waals surface area (Å²) in [6, 6.07) is 8.62. The molecule has 0 aromatic heterocycles. The molecule has 126 valence electrons. The van der Waals surface area contributed by atoms with Gasteiger partial charge in [-0.05, 0) is 56.2 Å². The summed E-state index contributed by atoms with van der Waals surface area (Å²) in [7, 11) is 0. The Morgan fingerprint density at radius 3 is 2.70 bits per heavy atom. The van der Waals surface area contributed by atoms with E-state index in [4.69, 9.17) is 10.5 Å². The maximum absolute atomic E-state index is 11.4. The van der Waals surface area contributed by atoms with Crippen LogP contribution in [0.15, 0.2) is 24.3 Å². The minimum absolute atomic E-state index is 0.312. The van der Waals surface area contributed by atoms with E-state index in [2.05, 4.69) is 36.1 Å². The summed E-state index contributed by atoms with van der Waals surface area (Å²) < 4.78 is 4.76. The molecule has 0 radical (unpaired) electrons. The van der Waals surface area contributed by atoms with Gasteiger partial charge in [0.15, 0.2) is 6.61 Å². The molecule has 1 aliphatic rings. The first-order chi connectivity index (χ1) is 11.0. The number of nitrogens with two attached hydrogens (primary N) is 1. The summed E-state index contributed by atoms with van der Waals surface area (Å²) in [6.45, 7) is 3.95. The molecule has 0 unspecified atom stereocenters. The second-order valence-electron chi connectivity index (χ2n) is 6.29. The van der Waals surface area contributed by atoms with Crippen LogP contribution in [0.4, 0.5) is 5.69 Å². The summed E-state index contributed by atoms with van der Waals surface area (Å²) in [5.74, 6) is -0.275. The standard InChI is InChI=1S/C18H26N2O3/c1-14-4-2-6-16(12-14)20-10-8-15(9-11-20)5-3-7-18(22)23-13-17(19)21/h2,4,6,12,15H,3,5,7-11,13H2,1H3,(H2,19,21). The number of rotatable bonds is 7. The van der Waals surface area contributed by atoms with Crippen LogP contribution in [0, 0.1) is 12.8 Å². The molecule has 1 aromatic carbocycles. The van der Waals surface area contributed by atoms with E-state index in [-0.39, 0.29) is 12.6 Å². The highest BCUT2D eigenvalue weighted by Gasteiger charge is 2.19. The van der Waals surface area contributed by atoms with Crippen LogP contribution in [0.2, 0.25) is 0 Å². The third-order valence-electron chi connectivity index (χ3n) is 4.35. The second kappa shape index (κ2) is 8.56. The van der Waals surface area contributed by atoms with E-state index in [1.54, 1.807) is 0 Å². The van der Waals surface area contributed by atoms with Crippen LogP contribution in [-0.4, -0.2) is 31.6 Å². The summed E-state index contributed by atoms with van der Waals surface area (Å²) in [5.41, 5.74) is 7.53. The fourth-order valence-electron chi connectivity index (χ4n) is 3.06. The normalized spacial score (nSPS) is 15.4. The number of hydrogen-bond acceptors (Lipinski definition) is 4. The maximum atomic E-state index is 11.4. The van der Waals surface area contributed by atoms with Crippen molar-refractivity contribution in [3.8, 4) is 0 Å². The predicted molar refractivity (Wildman–Crippen MR) is 90.1 cm³/mol. The SMILES string of the molecule is Cc1cccc(N2CCC(CCCC(=O)OCC(N)=O)CC2)c1. The Balaban J connectivity index is 1.65. The van der Waals surface area contributed by atoms with Crippen molar-refractivity contribution >= 4 is 17.6 Å². The molecule has 0 atom stereocenters. The predicted octanol–water partition coefficient (Wildman–Crippen LogP) is 2.41. The van der Waals surface area contributed by atoms with E-state index in [1.165, 1.54) is 11.3 Å². The molecule has 1 amide bonds. The molecule has 5 nitrogen and oxygen atoms in total. The molecule has 1 heterocycles. The Morgan fingerprint density at radius 2 is 2.04 bits per heavy atom. The number of amides is 1. The number of carbonyl (C=O) groups excluding carboxylic acids is 2. The zero-order valence-electron chi connectivity index (χ0n) is 13.8. The van der Waals surface area contributed by atoms with Crippen molar-refractivity contribution in [1.29, 1.82) is 0 Å². The van der Waals surface area contributed by atoms with Crippen LogP contribution in [0.1, 0.15) is 37.7 Å². The monoisotopic (exact) mass is 318 g/mol. The average molecular weight is 318 g/mol. The van der Waals surface area contributed by atoms with Gasteiger partial charge >= 0.3 is 5.97 Å². The molecular weight excluding hydrogens is 292 g/mol. The molecule has 0 bridgehead atoms. The van der Waals surface area contributed by atoms with Crippen LogP contribution >= 0.6 is 0 Å². The van der Waals surface area contributed by atoms with Gasteiger partial charge in [-0.2, -0.15) is 0 Å². The number of ether oxygens (including phenoxy) is 1. The van der Waals surface area contributed by atoms with Crippen molar-refractivity contribution in [2.45, 2.75) is 39.0 Å². The fourth-order valence-corrected chi connectivity index (χ4v) is 3.06. The number of carbonyl (C=O) groups is 2. The van der Waals surface area contributed by atoms with Crippen molar-refractivity contribution in [2.24, 2.45) is 11.7 Å². The van der Waals surface area contributed by atoms with Crippen LogP contribution in [-0.2, 0) is 14.3 Å². The van der Waals surface area contributed by atoms with Gasteiger partial charge in [0.25, 0.3) is 5.91 Å². The first-order valence-electron chi connectivity index (χ1n) is 8.30. The molecule has 1 aromatic rings. The quantitative estimate of drug-likeness (QED) is 0.784. The van der Waals surface area contributed by atoms with Gasteiger partial charge in [0.1, 0.15) is 0 Å². The zero-order valence-corrected chi connectivity index (χ0v) is 13.8. The van der Waals surface area contributed by atoms with Crippen molar-refractivity contribution < 1.29 is 14.3 Å². The Bertz CT molecular complexity index is 537. The van der Waals surface area contributed by atoms with Gasteiger partial charge in [-0.15, -0.1) is 0 Å². The van der Waals surface area contributed by atoms with Crippen LogP contribution in [0.5, 0.6) is 0 Å². The molecule has 0 aliphatic carbocycles. The van der Waals surface area contributed by atoms with Crippen LogP contribution < -0.4 is 10.6 Å². The van der Waals surface area contributed by atoms with Gasteiger partial charge in [-0.1, -0.05) is 12.1 Å². The first kappa shape index (κ1) is 17.3. The number of benzene rings is 1. The summed E-state index contributed by atoms with van der Waals surface area (Å²) >= 11 is 0. The maximum Gasteiger partial charge on any atom is 0.306 e. The van der Waals surface area contributed by atoms with E-state index < -0.39 is 5.91 Å². The number of piperidine rings is 1. The Hall–Kier alpha value is -2.04. The molecule has 0 spiro atoms. The number of aryl methyl sites for hydroxylation is 1. The Labute approximate surface area is 137 Å². The molecule has 23 heavy (non-hydrogen) atoms. The number of primary amides is 1. The molecule has 5 heteroatoms. The van der Waals surface area contributed by atoms with E-state index >= 15 is 0 Å². The molecule has 1 saturated heterocycles. The lowest BCUT2D eigenvalue weighted by Gasteiger charge is -2.33. The topological polar surface area (TPSA) is 72.6 Å². The van der Waals surface area contributed by atoms with Gasteiger partial charge in [0.2, 0.25) is 0 Å². The average Bonchev–Trinajstić information content (AvgIpc) is 2.53. The van der Waals surface area contributed by atoms with Crippen molar-refractivity contribution in [3.05, 3.63) is 29.8 Å². The van der Waals surface area contributed by atoms with E-state index in [0.29, 0.717) is 12.3 Å². The lowest BCUT2D eigenvalue weighted by molar-refractivity contribution is -0.147. The van der Waals surface area contributed by atoms with Crippen molar-refractivity contribution in [1.82, 2.24) is 0 Å². The number of hydrogen-bond donors (Lipinski definition) is 1. The van der Waals surface area contributed by atoms with Crippen LogP contribution in [0.25, 0.3) is 0 Å². The molecule has 0 saturated carbocycles. The van der Waals surface area contributed by atoms with Gasteiger partial charge in [-0.3, -0.25) is 9.59 Å². The van der Waals surface area contributed by atoms with Gasteiger partial charge in [-0.25, -0.2) is 0 Å². The molecule has 1 aliphatic heterocycles. The second-order valence-corrected chi connectivity index (χ2v) is 6.29. The Kier molecular flexibility index (Phi) is 6.44. The highest BCUT2D eigenvalue weighted by molar-refractivity contribution is 5.78. The highest BCUT2D eigenvalue weighted by atomic mass is 16.5. The summed E-state index contributed by atoms with van der Waals surface area (Å²) in [4.78, 5) is 24.4.